The highest BCUT2D eigenvalue weighted by molar-refractivity contribution is 9.10. The van der Waals surface area contributed by atoms with Crippen molar-refractivity contribution in [1.29, 1.82) is 0 Å². The van der Waals surface area contributed by atoms with Gasteiger partial charge in [-0.15, -0.1) is 0 Å². The van der Waals surface area contributed by atoms with Crippen molar-refractivity contribution >= 4 is 27.8 Å². The Kier molecular flexibility index (Phi) is 7.03. The first-order chi connectivity index (χ1) is 9.49. The average molecular weight is 346 g/mol. The first-order valence-electron chi connectivity index (χ1n) is 6.05. The summed E-state index contributed by atoms with van der Waals surface area (Å²) in [6.07, 6.45) is -1.31. The van der Waals surface area contributed by atoms with Gasteiger partial charge in [0.05, 0.1) is 13.0 Å². The molecule has 0 fully saturated rings. The number of benzene rings is 1. The van der Waals surface area contributed by atoms with Gasteiger partial charge >= 0.3 is 5.97 Å². The van der Waals surface area contributed by atoms with Crippen molar-refractivity contribution in [3.8, 4) is 5.75 Å². The van der Waals surface area contributed by atoms with E-state index in [0.717, 1.165) is 4.47 Å². The monoisotopic (exact) mass is 345 g/mol. The molecule has 3 N–H and O–H groups in total. The Morgan fingerprint density at radius 3 is 2.80 bits per heavy atom. The minimum absolute atomic E-state index is 0.0203. The number of aliphatic hydroxyl groups is 1. The zero-order valence-corrected chi connectivity index (χ0v) is 12.3. The number of aliphatic carboxylic acids is 1. The maximum absolute atomic E-state index is 11.4. The number of halogens is 1. The Morgan fingerprint density at radius 2 is 2.15 bits per heavy atom. The molecule has 1 rings (SSSR count). The summed E-state index contributed by atoms with van der Waals surface area (Å²) in [5.74, 6) is -0.886. The summed E-state index contributed by atoms with van der Waals surface area (Å²) in [5.41, 5.74) is 0. The number of carbonyl (C=O) groups is 2. The Hall–Kier alpha value is -1.60. The van der Waals surface area contributed by atoms with Crippen LogP contribution < -0.4 is 10.1 Å². The van der Waals surface area contributed by atoms with Crippen LogP contribution >= 0.6 is 15.9 Å². The molecule has 0 aliphatic carbocycles. The lowest BCUT2D eigenvalue weighted by molar-refractivity contribution is -0.147. The Morgan fingerprint density at radius 1 is 1.40 bits per heavy atom. The molecule has 0 saturated heterocycles. The molecule has 6 nitrogen and oxygen atoms in total. The zero-order valence-electron chi connectivity index (χ0n) is 10.7. The molecule has 0 spiro atoms. The summed E-state index contributed by atoms with van der Waals surface area (Å²) in [6, 6.07) is 7.27. The molecule has 0 heterocycles. The lowest BCUT2D eigenvalue weighted by Crippen LogP contribution is -2.30. The highest BCUT2D eigenvalue weighted by Gasteiger charge is 2.12. The van der Waals surface area contributed by atoms with E-state index in [9.17, 15) is 9.59 Å². The van der Waals surface area contributed by atoms with E-state index in [1.54, 1.807) is 12.1 Å². The van der Waals surface area contributed by atoms with Gasteiger partial charge in [0, 0.05) is 17.4 Å². The standard InChI is InChI=1S/C13H16BrNO5/c14-9-2-1-3-10(8-9)20-7-5-12(17)15-6-4-11(16)13(18)19/h1-3,8,11,16H,4-7H2,(H,15,17)(H,18,19). The van der Waals surface area contributed by atoms with Crippen molar-refractivity contribution in [3.63, 3.8) is 0 Å². The van der Waals surface area contributed by atoms with E-state index in [2.05, 4.69) is 21.2 Å². The molecule has 1 aromatic rings. The molecule has 7 heteroatoms. The van der Waals surface area contributed by atoms with Gasteiger partial charge in [0.25, 0.3) is 0 Å². The van der Waals surface area contributed by atoms with E-state index in [-0.39, 0.29) is 31.9 Å². The van der Waals surface area contributed by atoms with E-state index >= 15 is 0 Å². The summed E-state index contributed by atoms with van der Waals surface area (Å²) in [5, 5.41) is 20.0. The highest BCUT2D eigenvalue weighted by Crippen LogP contribution is 2.17. The average Bonchev–Trinajstić information content (AvgIpc) is 2.38. The number of ether oxygens (including phenoxy) is 1. The van der Waals surface area contributed by atoms with Crippen molar-refractivity contribution in [2.75, 3.05) is 13.2 Å². The molecule has 1 amide bonds. The number of carboxylic acids is 1. The number of carbonyl (C=O) groups excluding carboxylic acids is 1. The van der Waals surface area contributed by atoms with Crippen molar-refractivity contribution in [2.24, 2.45) is 0 Å². The van der Waals surface area contributed by atoms with E-state index in [0.29, 0.717) is 5.75 Å². The van der Waals surface area contributed by atoms with Crippen LogP contribution in [0.1, 0.15) is 12.8 Å². The first kappa shape index (κ1) is 16.5. The summed E-state index contributed by atoms with van der Waals surface area (Å²) >= 11 is 3.31. The molecule has 0 radical (unpaired) electrons. The highest BCUT2D eigenvalue weighted by atomic mass is 79.9. The molecule has 1 aromatic carbocycles. The van der Waals surface area contributed by atoms with E-state index in [1.807, 2.05) is 12.1 Å². The molecular weight excluding hydrogens is 330 g/mol. The Balaban J connectivity index is 2.16. The Labute approximate surface area is 124 Å². The van der Waals surface area contributed by atoms with Crippen LogP contribution in [-0.4, -0.2) is 41.3 Å². The van der Waals surface area contributed by atoms with Crippen molar-refractivity contribution in [3.05, 3.63) is 28.7 Å². The fraction of sp³-hybridized carbons (Fsp3) is 0.385. The van der Waals surface area contributed by atoms with Gasteiger partial charge in [-0.2, -0.15) is 0 Å². The zero-order chi connectivity index (χ0) is 15.0. The van der Waals surface area contributed by atoms with Gasteiger partial charge in [0.2, 0.25) is 5.91 Å². The second kappa shape index (κ2) is 8.55. The second-order valence-corrected chi connectivity index (χ2v) is 4.96. The normalized spacial score (nSPS) is 11.7. The summed E-state index contributed by atoms with van der Waals surface area (Å²) < 4.78 is 6.28. The van der Waals surface area contributed by atoms with Gasteiger partial charge < -0.3 is 20.3 Å². The molecule has 0 bridgehead atoms. The fourth-order valence-corrected chi connectivity index (χ4v) is 1.76. The molecular formula is C13H16BrNO5. The largest absolute Gasteiger partial charge is 0.493 e. The summed E-state index contributed by atoms with van der Waals surface area (Å²) in [7, 11) is 0. The predicted molar refractivity (Wildman–Crippen MR) is 75.5 cm³/mol. The van der Waals surface area contributed by atoms with Crippen molar-refractivity contribution in [1.82, 2.24) is 5.32 Å². The molecule has 0 aliphatic heterocycles. The molecule has 1 atom stereocenters. The molecule has 0 aromatic heterocycles. The topological polar surface area (TPSA) is 95.9 Å². The Bertz CT molecular complexity index is 466. The van der Waals surface area contributed by atoms with E-state index in [1.165, 1.54) is 0 Å². The van der Waals surface area contributed by atoms with Crippen LogP contribution in [0.25, 0.3) is 0 Å². The van der Waals surface area contributed by atoms with Crippen LogP contribution in [0.4, 0.5) is 0 Å². The third-order valence-electron chi connectivity index (χ3n) is 2.42. The van der Waals surface area contributed by atoms with Gasteiger partial charge in [0.15, 0.2) is 6.10 Å². The van der Waals surface area contributed by atoms with Crippen molar-refractivity contribution < 1.29 is 24.5 Å². The smallest absolute Gasteiger partial charge is 0.332 e. The van der Waals surface area contributed by atoms with Gasteiger partial charge in [-0.1, -0.05) is 22.0 Å². The third kappa shape index (κ3) is 6.53. The van der Waals surface area contributed by atoms with Crippen LogP contribution in [0, 0.1) is 0 Å². The maximum Gasteiger partial charge on any atom is 0.332 e. The quantitative estimate of drug-likeness (QED) is 0.657. The van der Waals surface area contributed by atoms with Crippen LogP contribution in [-0.2, 0) is 9.59 Å². The maximum atomic E-state index is 11.4. The molecule has 0 aliphatic rings. The minimum atomic E-state index is -1.45. The molecule has 20 heavy (non-hydrogen) atoms. The number of nitrogens with one attached hydrogen (secondary N) is 1. The lowest BCUT2D eigenvalue weighted by atomic mass is 10.2. The number of hydrogen-bond donors (Lipinski definition) is 3. The fourth-order valence-electron chi connectivity index (χ4n) is 1.38. The number of aliphatic hydroxyl groups excluding tert-OH is 1. The van der Waals surface area contributed by atoms with Crippen LogP contribution in [0.5, 0.6) is 5.75 Å². The van der Waals surface area contributed by atoms with Gasteiger partial charge in [-0.05, 0) is 18.2 Å². The molecule has 1 unspecified atom stereocenters. The van der Waals surface area contributed by atoms with E-state index in [4.69, 9.17) is 14.9 Å². The number of rotatable bonds is 8. The first-order valence-corrected chi connectivity index (χ1v) is 6.84. The minimum Gasteiger partial charge on any atom is -0.493 e. The van der Waals surface area contributed by atoms with E-state index < -0.39 is 12.1 Å². The number of amides is 1. The lowest BCUT2D eigenvalue weighted by Gasteiger charge is -2.08. The molecule has 0 saturated carbocycles. The van der Waals surface area contributed by atoms with Gasteiger partial charge in [-0.3, -0.25) is 4.79 Å². The summed E-state index contributed by atoms with van der Waals surface area (Å²) in [6.45, 7) is 0.340. The second-order valence-electron chi connectivity index (χ2n) is 4.05. The van der Waals surface area contributed by atoms with Crippen molar-refractivity contribution in [2.45, 2.75) is 18.9 Å². The third-order valence-corrected chi connectivity index (χ3v) is 2.91. The van der Waals surface area contributed by atoms with Crippen LogP contribution in [0.3, 0.4) is 0 Å². The number of carboxylic acid groups (broad SMARTS) is 1. The predicted octanol–water partition coefficient (Wildman–Crippen LogP) is 1.17. The SMILES string of the molecule is O=C(CCOc1cccc(Br)c1)NCCC(O)C(=O)O. The summed E-state index contributed by atoms with van der Waals surface area (Å²) in [4.78, 5) is 21.8. The molecule has 110 valence electrons. The van der Waals surface area contributed by atoms with Crippen LogP contribution in [0.2, 0.25) is 0 Å². The van der Waals surface area contributed by atoms with Gasteiger partial charge in [-0.25, -0.2) is 4.79 Å². The van der Waals surface area contributed by atoms with Gasteiger partial charge in [0.1, 0.15) is 5.75 Å². The van der Waals surface area contributed by atoms with Crippen LogP contribution in [0.15, 0.2) is 28.7 Å². The number of hydrogen-bond acceptors (Lipinski definition) is 4.